The molecule has 3 rings (SSSR count). The zero-order valence-electron chi connectivity index (χ0n) is 24.6. The van der Waals surface area contributed by atoms with E-state index >= 15 is 0 Å². The van der Waals surface area contributed by atoms with Crippen molar-refractivity contribution in [3.63, 3.8) is 0 Å². The van der Waals surface area contributed by atoms with Crippen molar-refractivity contribution in [2.45, 2.75) is 118 Å². The van der Waals surface area contributed by atoms with Crippen LogP contribution in [0.1, 0.15) is 129 Å². The minimum absolute atomic E-state index is 0. The van der Waals surface area contributed by atoms with Gasteiger partial charge in [0.25, 0.3) is 0 Å². The number of hydrogen-bond donors (Lipinski definition) is 0. The third-order valence-electron chi connectivity index (χ3n) is 6.85. The number of rotatable bonds is 0. The van der Waals surface area contributed by atoms with Gasteiger partial charge in [-0.05, 0) is 32.8 Å². The third-order valence-corrected chi connectivity index (χ3v) is 7.51. The van der Waals surface area contributed by atoms with Crippen molar-refractivity contribution in [3.05, 3.63) is 57.6 Å². The van der Waals surface area contributed by atoms with Gasteiger partial charge in [0.1, 0.15) is 11.5 Å². The minimum atomic E-state index is -2.38. The molecule has 1 heterocycles. The Balaban J connectivity index is 0.00000432. The normalized spacial score (nSPS) is 18.8. The fourth-order valence-electron chi connectivity index (χ4n) is 4.47. The molecule has 0 aromatic heterocycles. The second-order valence-corrected chi connectivity index (χ2v) is 14.8. The molecule has 188 valence electrons. The van der Waals surface area contributed by atoms with Gasteiger partial charge < -0.3 is 13.9 Å². The molecule has 0 unspecified atom stereocenters. The summed E-state index contributed by atoms with van der Waals surface area (Å²) in [5, 5.41) is 0. The average Bonchev–Trinajstić information content (AvgIpc) is 2.63. The van der Waals surface area contributed by atoms with Crippen LogP contribution in [0.15, 0.2) is 24.3 Å². The second-order valence-electron chi connectivity index (χ2n) is 14.0. The molecule has 0 bridgehead atoms. The molecule has 0 radical (unpaired) electrons. The van der Waals surface area contributed by atoms with E-state index in [2.05, 4.69) is 114 Å². The SMILES string of the molecule is CC1c2cc(C(C)(C)C)cc(C(C)(C)C)c2OP([O-])Oc2c1cc(C(C)(C)C)cc2C(C)(C)C.[Na+]. The van der Waals surface area contributed by atoms with Crippen molar-refractivity contribution in [1.82, 2.24) is 0 Å². The summed E-state index contributed by atoms with van der Waals surface area (Å²) in [7, 11) is -2.38. The molecule has 1 aliphatic rings. The summed E-state index contributed by atoms with van der Waals surface area (Å²) >= 11 is 0. The van der Waals surface area contributed by atoms with Gasteiger partial charge in [-0.25, -0.2) is 0 Å². The smallest absolute Gasteiger partial charge is 0.765 e. The Morgan fingerprint density at radius 3 is 1.17 bits per heavy atom. The maximum absolute atomic E-state index is 13.3. The first-order valence-corrected chi connectivity index (χ1v) is 13.5. The summed E-state index contributed by atoms with van der Waals surface area (Å²) in [5.74, 6) is 1.43. The summed E-state index contributed by atoms with van der Waals surface area (Å²) in [4.78, 5) is 13.3. The molecule has 0 saturated heterocycles. The quantitative estimate of drug-likeness (QED) is 0.355. The topological polar surface area (TPSA) is 41.5 Å². The fraction of sp³-hybridized carbons (Fsp3) is 0.600. The molecule has 35 heavy (non-hydrogen) atoms. The maximum atomic E-state index is 13.3. The van der Waals surface area contributed by atoms with E-state index in [9.17, 15) is 4.89 Å². The van der Waals surface area contributed by atoms with Gasteiger partial charge in [0.15, 0.2) is 0 Å². The van der Waals surface area contributed by atoms with Crippen LogP contribution in [0.25, 0.3) is 0 Å². The Kier molecular flexibility index (Phi) is 8.72. The fourth-order valence-corrected chi connectivity index (χ4v) is 5.21. The van der Waals surface area contributed by atoms with E-state index in [-0.39, 0.29) is 57.1 Å². The van der Waals surface area contributed by atoms with Gasteiger partial charge in [0.05, 0.1) is 0 Å². The molecule has 0 aliphatic carbocycles. The van der Waals surface area contributed by atoms with Gasteiger partial charge in [-0.15, -0.1) is 0 Å². The standard InChI is InChI=1S/C30H44O3P.Na/c1-18-21-14-19(27(2,3)4)16-23(29(8,9)10)25(21)32-34(31)33-26-22(18)15-20(28(5,6)7)17-24(26)30(11,12)13;/h14-18H,1-13H3;/q-1;+1. The van der Waals surface area contributed by atoms with E-state index in [1.54, 1.807) is 0 Å². The monoisotopic (exact) mass is 506 g/mol. The number of fused-ring (bicyclic) bond motifs is 2. The van der Waals surface area contributed by atoms with E-state index in [4.69, 9.17) is 9.05 Å². The number of hydrogen-bond acceptors (Lipinski definition) is 3. The van der Waals surface area contributed by atoms with E-state index in [1.165, 1.54) is 11.1 Å². The van der Waals surface area contributed by atoms with E-state index in [0.29, 0.717) is 11.5 Å². The summed E-state index contributed by atoms with van der Waals surface area (Å²) in [6.07, 6.45) is 0. The van der Waals surface area contributed by atoms with Gasteiger partial charge in [0.2, 0.25) is 8.60 Å². The molecule has 0 saturated carbocycles. The Hall–Kier alpha value is -0.570. The van der Waals surface area contributed by atoms with Crippen LogP contribution in [-0.4, -0.2) is 0 Å². The van der Waals surface area contributed by atoms with Crippen LogP contribution in [0, 0.1) is 0 Å². The summed E-state index contributed by atoms with van der Waals surface area (Å²) in [6, 6.07) is 8.97. The van der Waals surface area contributed by atoms with Gasteiger partial charge in [0, 0.05) is 28.2 Å². The predicted molar refractivity (Wildman–Crippen MR) is 143 cm³/mol. The van der Waals surface area contributed by atoms with Crippen molar-refractivity contribution in [3.8, 4) is 11.5 Å². The van der Waals surface area contributed by atoms with Gasteiger partial charge in [-0.3, -0.25) is 0 Å². The van der Waals surface area contributed by atoms with Crippen molar-refractivity contribution in [2.24, 2.45) is 0 Å². The first-order valence-electron chi connectivity index (χ1n) is 12.4. The largest absolute Gasteiger partial charge is 1.00 e. The van der Waals surface area contributed by atoms with Crippen LogP contribution in [0.3, 0.4) is 0 Å². The Labute approximate surface area is 237 Å². The van der Waals surface area contributed by atoms with Crippen LogP contribution in [0.2, 0.25) is 0 Å². The minimum Gasteiger partial charge on any atom is -0.765 e. The first-order chi connectivity index (χ1) is 15.2. The zero-order chi connectivity index (χ0) is 26.0. The second kappa shape index (κ2) is 9.95. The molecule has 0 atom stereocenters. The first kappa shape index (κ1) is 30.7. The summed E-state index contributed by atoms with van der Waals surface area (Å²) in [5.41, 5.74) is 6.42. The molecular formula is C30H44NaO3P. The van der Waals surface area contributed by atoms with Crippen molar-refractivity contribution >= 4 is 8.60 Å². The molecule has 0 amide bonds. The number of benzene rings is 2. The summed E-state index contributed by atoms with van der Waals surface area (Å²) < 4.78 is 12.3. The Bertz CT molecular complexity index is 994. The Morgan fingerprint density at radius 2 is 0.914 bits per heavy atom. The van der Waals surface area contributed by atoms with Crippen molar-refractivity contribution in [2.75, 3.05) is 0 Å². The van der Waals surface area contributed by atoms with E-state index < -0.39 is 8.60 Å². The molecule has 2 aromatic carbocycles. The van der Waals surface area contributed by atoms with Crippen LogP contribution in [-0.2, 0) is 21.7 Å². The Morgan fingerprint density at radius 1 is 0.600 bits per heavy atom. The average molecular weight is 507 g/mol. The predicted octanol–water partition coefficient (Wildman–Crippen LogP) is 5.39. The molecule has 2 aromatic rings. The zero-order valence-corrected chi connectivity index (χ0v) is 27.5. The molecule has 1 aliphatic heterocycles. The molecule has 3 nitrogen and oxygen atoms in total. The molecule has 5 heteroatoms. The van der Waals surface area contributed by atoms with Crippen LogP contribution >= 0.6 is 8.60 Å². The molecule has 0 N–H and O–H groups in total. The molecule has 0 fully saturated rings. The van der Waals surface area contributed by atoms with Gasteiger partial charge in [-0.2, -0.15) is 0 Å². The van der Waals surface area contributed by atoms with Crippen molar-refractivity contribution < 1.29 is 43.5 Å². The summed E-state index contributed by atoms with van der Waals surface area (Å²) in [6.45, 7) is 28.7. The van der Waals surface area contributed by atoms with Crippen LogP contribution < -0.4 is 43.5 Å². The van der Waals surface area contributed by atoms with Crippen LogP contribution in [0.5, 0.6) is 11.5 Å². The molecule has 0 spiro atoms. The van der Waals surface area contributed by atoms with Gasteiger partial charge in [-0.1, -0.05) is 114 Å². The van der Waals surface area contributed by atoms with E-state index in [1.807, 2.05) is 0 Å². The van der Waals surface area contributed by atoms with E-state index in [0.717, 1.165) is 22.3 Å². The van der Waals surface area contributed by atoms with Crippen LogP contribution in [0.4, 0.5) is 0 Å². The van der Waals surface area contributed by atoms with Crippen molar-refractivity contribution in [1.29, 1.82) is 0 Å². The van der Waals surface area contributed by atoms with Gasteiger partial charge >= 0.3 is 29.6 Å². The third kappa shape index (κ3) is 6.47. The maximum Gasteiger partial charge on any atom is 1.00 e. The molecular weight excluding hydrogens is 462 g/mol.